The topological polar surface area (TPSA) is 66.0 Å². The standard InChI is InChI=1S/C14H20N4O2/c1-10(2)7-13-16-12(17-20-13)8-18-5-4-15-14(18)11-3-6-19-9-11/h4-5,10-11H,3,6-9H2,1-2H3. The largest absolute Gasteiger partial charge is 0.381 e. The number of aromatic nitrogens is 4. The summed E-state index contributed by atoms with van der Waals surface area (Å²) in [6.07, 6.45) is 5.64. The third kappa shape index (κ3) is 2.90. The average Bonchev–Trinajstić information content (AvgIpc) is 3.10. The van der Waals surface area contributed by atoms with Crippen LogP contribution in [0.5, 0.6) is 0 Å². The molecule has 0 aromatic carbocycles. The average molecular weight is 276 g/mol. The number of imidazole rings is 1. The van der Waals surface area contributed by atoms with Crippen molar-refractivity contribution in [3.8, 4) is 0 Å². The van der Waals surface area contributed by atoms with E-state index in [1.807, 2.05) is 12.4 Å². The number of nitrogens with zero attached hydrogens (tertiary/aromatic N) is 4. The number of ether oxygens (including phenoxy) is 1. The van der Waals surface area contributed by atoms with Gasteiger partial charge >= 0.3 is 0 Å². The first-order chi connectivity index (χ1) is 9.72. The fourth-order valence-electron chi connectivity index (χ4n) is 2.49. The van der Waals surface area contributed by atoms with Crippen molar-refractivity contribution >= 4 is 0 Å². The maximum Gasteiger partial charge on any atom is 0.226 e. The molecule has 3 rings (SSSR count). The highest BCUT2D eigenvalue weighted by molar-refractivity contribution is 5.04. The second-order valence-electron chi connectivity index (χ2n) is 5.68. The third-order valence-corrected chi connectivity index (χ3v) is 3.45. The minimum Gasteiger partial charge on any atom is -0.381 e. The molecular weight excluding hydrogens is 256 g/mol. The molecule has 0 saturated carbocycles. The van der Waals surface area contributed by atoms with Gasteiger partial charge in [-0.15, -0.1) is 0 Å². The van der Waals surface area contributed by atoms with Gasteiger partial charge in [0.2, 0.25) is 5.89 Å². The van der Waals surface area contributed by atoms with Gasteiger partial charge in [-0.05, 0) is 12.3 Å². The summed E-state index contributed by atoms with van der Waals surface area (Å²) in [6, 6.07) is 0. The summed E-state index contributed by atoms with van der Waals surface area (Å²) in [5, 5.41) is 4.05. The Morgan fingerprint density at radius 1 is 1.45 bits per heavy atom. The normalized spacial score (nSPS) is 19.1. The molecule has 1 atom stereocenters. The predicted molar refractivity (Wildman–Crippen MR) is 72.3 cm³/mol. The molecule has 0 amide bonds. The Labute approximate surface area is 118 Å². The van der Waals surface area contributed by atoms with Gasteiger partial charge in [-0.3, -0.25) is 0 Å². The molecule has 6 nitrogen and oxygen atoms in total. The minimum atomic E-state index is 0.382. The van der Waals surface area contributed by atoms with Crippen LogP contribution in [0.15, 0.2) is 16.9 Å². The zero-order valence-corrected chi connectivity index (χ0v) is 12.0. The lowest BCUT2D eigenvalue weighted by Crippen LogP contribution is -2.10. The van der Waals surface area contributed by atoms with Crippen molar-refractivity contribution in [2.45, 2.75) is 39.2 Å². The van der Waals surface area contributed by atoms with Crippen LogP contribution in [0.1, 0.15) is 43.7 Å². The van der Waals surface area contributed by atoms with Crippen molar-refractivity contribution in [2.24, 2.45) is 5.92 Å². The van der Waals surface area contributed by atoms with Crippen molar-refractivity contribution in [3.63, 3.8) is 0 Å². The van der Waals surface area contributed by atoms with Crippen molar-refractivity contribution in [2.75, 3.05) is 13.2 Å². The highest BCUT2D eigenvalue weighted by atomic mass is 16.5. The molecule has 108 valence electrons. The quantitative estimate of drug-likeness (QED) is 0.835. The van der Waals surface area contributed by atoms with Gasteiger partial charge in [-0.2, -0.15) is 4.98 Å². The van der Waals surface area contributed by atoms with Crippen LogP contribution >= 0.6 is 0 Å². The summed E-state index contributed by atoms with van der Waals surface area (Å²) in [5.74, 6) is 3.37. The van der Waals surface area contributed by atoms with E-state index in [1.165, 1.54) is 0 Å². The Bertz CT molecular complexity index is 555. The minimum absolute atomic E-state index is 0.382. The van der Waals surface area contributed by atoms with Crippen LogP contribution in [0.4, 0.5) is 0 Å². The van der Waals surface area contributed by atoms with Gasteiger partial charge in [0.05, 0.1) is 13.2 Å². The Morgan fingerprint density at radius 3 is 3.10 bits per heavy atom. The first-order valence-electron chi connectivity index (χ1n) is 7.12. The van der Waals surface area contributed by atoms with Crippen LogP contribution in [-0.2, 0) is 17.7 Å². The zero-order chi connectivity index (χ0) is 13.9. The van der Waals surface area contributed by atoms with E-state index in [0.717, 1.165) is 31.9 Å². The second kappa shape index (κ2) is 5.75. The second-order valence-corrected chi connectivity index (χ2v) is 5.68. The SMILES string of the molecule is CC(C)Cc1nc(Cn2ccnc2C2CCOC2)no1. The molecule has 20 heavy (non-hydrogen) atoms. The Balaban J connectivity index is 1.71. The monoisotopic (exact) mass is 276 g/mol. The zero-order valence-electron chi connectivity index (χ0n) is 12.0. The van der Waals surface area contributed by atoms with E-state index in [0.29, 0.717) is 30.1 Å². The summed E-state index contributed by atoms with van der Waals surface area (Å²) < 4.78 is 12.8. The van der Waals surface area contributed by atoms with Crippen LogP contribution in [0.25, 0.3) is 0 Å². The Kier molecular flexibility index (Phi) is 3.82. The van der Waals surface area contributed by atoms with Gasteiger partial charge in [0.15, 0.2) is 5.82 Å². The lowest BCUT2D eigenvalue weighted by molar-refractivity contribution is 0.192. The molecule has 1 aliphatic rings. The van der Waals surface area contributed by atoms with E-state index >= 15 is 0 Å². The van der Waals surface area contributed by atoms with Crippen LogP contribution in [-0.4, -0.2) is 32.9 Å². The summed E-state index contributed by atoms with van der Waals surface area (Å²) in [7, 11) is 0. The third-order valence-electron chi connectivity index (χ3n) is 3.45. The van der Waals surface area contributed by atoms with E-state index in [2.05, 4.69) is 33.5 Å². The number of hydrogen-bond acceptors (Lipinski definition) is 5. The molecule has 2 aromatic rings. The van der Waals surface area contributed by atoms with Gasteiger partial charge in [0, 0.05) is 31.3 Å². The Hall–Kier alpha value is -1.69. The van der Waals surface area contributed by atoms with Gasteiger partial charge in [0.1, 0.15) is 5.82 Å². The number of rotatable bonds is 5. The van der Waals surface area contributed by atoms with Crippen molar-refractivity contribution in [3.05, 3.63) is 29.9 Å². The molecule has 0 aliphatic carbocycles. The maximum atomic E-state index is 5.43. The lowest BCUT2D eigenvalue weighted by Gasteiger charge is -2.09. The van der Waals surface area contributed by atoms with Crippen LogP contribution in [0.2, 0.25) is 0 Å². The van der Waals surface area contributed by atoms with E-state index in [1.54, 1.807) is 0 Å². The summed E-state index contributed by atoms with van der Waals surface area (Å²) in [4.78, 5) is 8.88. The molecule has 0 bridgehead atoms. The van der Waals surface area contributed by atoms with Gasteiger partial charge < -0.3 is 13.8 Å². The molecule has 1 fully saturated rings. The van der Waals surface area contributed by atoms with E-state index < -0.39 is 0 Å². The molecule has 0 radical (unpaired) electrons. The van der Waals surface area contributed by atoms with Crippen molar-refractivity contribution < 1.29 is 9.26 Å². The molecule has 6 heteroatoms. The van der Waals surface area contributed by atoms with E-state index in [-0.39, 0.29) is 0 Å². The van der Waals surface area contributed by atoms with Crippen molar-refractivity contribution in [1.29, 1.82) is 0 Å². The molecule has 1 aliphatic heterocycles. The van der Waals surface area contributed by atoms with E-state index in [4.69, 9.17) is 9.26 Å². The predicted octanol–water partition coefficient (Wildman–Crippen LogP) is 2.02. The van der Waals surface area contributed by atoms with E-state index in [9.17, 15) is 0 Å². The molecule has 1 unspecified atom stereocenters. The molecule has 3 heterocycles. The smallest absolute Gasteiger partial charge is 0.226 e. The Morgan fingerprint density at radius 2 is 2.35 bits per heavy atom. The molecule has 1 saturated heterocycles. The molecule has 0 N–H and O–H groups in total. The highest BCUT2D eigenvalue weighted by Crippen LogP contribution is 2.24. The molecular formula is C14H20N4O2. The first-order valence-corrected chi connectivity index (χ1v) is 7.12. The lowest BCUT2D eigenvalue weighted by atomic mass is 10.1. The van der Waals surface area contributed by atoms with Crippen LogP contribution in [0.3, 0.4) is 0 Å². The summed E-state index contributed by atoms with van der Waals surface area (Å²) in [5.41, 5.74) is 0. The van der Waals surface area contributed by atoms with Crippen LogP contribution < -0.4 is 0 Å². The maximum absolute atomic E-state index is 5.43. The molecule has 2 aromatic heterocycles. The fraction of sp³-hybridized carbons (Fsp3) is 0.643. The summed E-state index contributed by atoms with van der Waals surface area (Å²) >= 11 is 0. The van der Waals surface area contributed by atoms with Gasteiger partial charge in [0.25, 0.3) is 0 Å². The van der Waals surface area contributed by atoms with Gasteiger partial charge in [-0.25, -0.2) is 4.98 Å². The van der Waals surface area contributed by atoms with Gasteiger partial charge in [-0.1, -0.05) is 19.0 Å². The fourth-order valence-corrected chi connectivity index (χ4v) is 2.49. The van der Waals surface area contributed by atoms with Crippen molar-refractivity contribution in [1.82, 2.24) is 19.7 Å². The molecule has 0 spiro atoms. The number of hydrogen-bond donors (Lipinski definition) is 0. The van der Waals surface area contributed by atoms with Crippen LogP contribution in [0, 0.1) is 5.92 Å². The highest BCUT2D eigenvalue weighted by Gasteiger charge is 2.22. The first kappa shape index (κ1) is 13.3. The summed E-state index contributed by atoms with van der Waals surface area (Å²) in [6.45, 7) is 6.45.